The first-order chi connectivity index (χ1) is 31.4. The average molecular weight is 930 g/mol. The summed E-state index contributed by atoms with van der Waals surface area (Å²) in [5.74, 6) is 0. The van der Waals surface area contributed by atoms with Crippen LogP contribution in [0.25, 0.3) is 32.8 Å². The first-order valence-corrected chi connectivity index (χ1v) is 22.4. The molecule has 0 spiro atoms. The van der Waals surface area contributed by atoms with Gasteiger partial charge in [0.1, 0.15) is 0 Å². The van der Waals surface area contributed by atoms with Crippen LogP contribution < -0.4 is 0 Å². The summed E-state index contributed by atoms with van der Waals surface area (Å²) in [6.07, 6.45) is 1.82. The van der Waals surface area contributed by atoms with Crippen LogP contribution in [0.4, 0.5) is 0 Å². The van der Waals surface area contributed by atoms with Gasteiger partial charge in [0.2, 0.25) is 0 Å². The molecular formula is C69H87N. The van der Waals surface area contributed by atoms with E-state index in [4.69, 9.17) is 0 Å². The fourth-order valence-corrected chi connectivity index (χ4v) is 6.20. The first-order valence-electron chi connectivity index (χ1n) is 22.4. The van der Waals surface area contributed by atoms with Gasteiger partial charge >= 0.3 is 0 Å². The highest BCUT2D eigenvalue weighted by Gasteiger charge is 1.94. The molecule has 0 aliphatic carbocycles. The first kappa shape index (κ1) is 64.7. The van der Waals surface area contributed by atoms with Crippen LogP contribution in [0.1, 0.15) is 87.2 Å². The molecule has 0 aliphatic heterocycles. The monoisotopic (exact) mass is 930 g/mol. The smallest absolute Gasteiger partial charge is 0.0704 e. The second-order valence-corrected chi connectivity index (χ2v) is 16.4. The predicted octanol–water partition coefficient (Wildman–Crippen LogP) is 21.1. The SMILES string of the molecule is C.C.C.C.C.Cc1ccc(-c2ccccc2)cc1.Cc1ccc(C)cc1.Cc1ccc(C)cc1.Cc1ccc2ccccc2c1.Cc1ccc2cccnc2c1.Cc1ccccc1.Cc1ccccc1. The minimum Gasteiger partial charge on any atom is -0.256 e. The second kappa shape index (κ2) is 36.7. The van der Waals surface area contributed by atoms with E-state index < -0.39 is 0 Å². The molecule has 0 saturated heterocycles. The maximum atomic E-state index is 4.24. The third-order valence-corrected chi connectivity index (χ3v) is 10.1. The number of aromatic nitrogens is 1. The number of rotatable bonds is 1. The summed E-state index contributed by atoms with van der Waals surface area (Å²) in [5.41, 5.74) is 15.5. The molecule has 10 aromatic rings. The molecule has 0 radical (unpaired) electrons. The molecule has 1 nitrogen and oxygen atoms in total. The van der Waals surface area contributed by atoms with Crippen molar-refractivity contribution in [2.45, 2.75) is 99.4 Å². The fourth-order valence-electron chi connectivity index (χ4n) is 6.20. The third kappa shape index (κ3) is 26.3. The molecule has 368 valence electrons. The largest absolute Gasteiger partial charge is 0.256 e. The summed E-state index contributed by atoms with van der Waals surface area (Å²) in [7, 11) is 0. The highest BCUT2D eigenvalue weighted by molar-refractivity contribution is 5.83. The van der Waals surface area contributed by atoms with Crippen LogP contribution in [0.15, 0.2) is 243 Å². The molecule has 0 unspecified atom stereocenters. The lowest BCUT2D eigenvalue weighted by Gasteiger charge is -2.00. The summed E-state index contributed by atoms with van der Waals surface area (Å²) in [6, 6.07) is 81.7. The molecule has 70 heavy (non-hydrogen) atoms. The molecule has 0 atom stereocenters. The van der Waals surface area contributed by atoms with Gasteiger partial charge in [0.15, 0.2) is 0 Å². The summed E-state index contributed by atoms with van der Waals surface area (Å²) >= 11 is 0. The number of pyridine rings is 1. The van der Waals surface area contributed by atoms with E-state index in [0.717, 1.165) is 5.52 Å². The highest BCUT2D eigenvalue weighted by atomic mass is 14.6. The molecule has 1 aromatic heterocycles. The number of fused-ring (bicyclic) bond motifs is 2. The number of aryl methyl sites for hydroxylation is 9. The number of benzene rings is 9. The summed E-state index contributed by atoms with van der Waals surface area (Å²) in [4.78, 5) is 4.24. The highest BCUT2D eigenvalue weighted by Crippen LogP contribution is 2.19. The maximum absolute atomic E-state index is 4.24. The Bertz CT molecular complexity index is 2590. The van der Waals surface area contributed by atoms with Crippen molar-refractivity contribution in [1.29, 1.82) is 0 Å². The van der Waals surface area contributed by atoms with E-state index in [1.807, 2.05) is 54.7 Å². The molecule has 0 amide bonds. The van der Waals surface area contributed by atoms with Crippen molar-refractivity contribution in [3.05, 3.63) is 293 Å². The molecular weight excluding hydrogens is 843 g/mol. The molecule has 0 aliphatic rings. The topological polar surface area (TPSA) is 12.9 Å². The fraction of sp³-hybridized carbons (Fsp3) is 0.203. The van der Waals surface area contributed by atoms with Gasteiger partial charge in [-0.3, -0.25) is 4.98 Å². The summed E-state index contributed by atoms with van der Waals surface area (Å²) < 4.78 is 0. The maximum Gasteiger partial charge on any atom is 0.0704 e. The van der Waals surface area contributed by atoms with Crippen molar-refractivity contribution in [3.8, 4) is 11.1 Å². The Balaban J connectivity index is 0. The number of hydrogen-bond donors (Lipinski definition) is 0. The standard InChI is InChI=1S/C13H12.C11H10.C10H9N.2C8H10.2C7H8.5CH4/c1-11-7-9-13(10-8-11)12-5-3-2-4-6-12;1-9-6-7-10-4-2-3-5-11(10)8-9;1-8-4-5-9-3-2-6-11-10(9)7-8;2*1-7-3-5-8(2)6-4-7;2*1-7-5-3-2-4-6-7;;;;;/h2-10H,1H3;2-8H,1H3;2-7H,1H3;2*3-6H,1-2H3;2*2-6H,1H3;5*1H4. The number of hydrogen-bond acceptors (Lipinski definition) is 1. The zero-order valence-corrected chi connectivity index (χ0v) is 40.0. The van der Waals surface area contributed by atoms with Gasteiger partial charge in [-0.1, -0.05) is 306 Å². The lowest BCUT2D eigenvalue weighted by molar-refractivity contribution is 1.39. The van der Waals surface area contributed by atoms with Gasteiger partial charge in [-0.25, -0.2) is 0 Å². The van der Waals surface area contributed by atoms with Crippen molar-refractivity contribution >= 4 is 21.7 Å². The van der Waals surface area contributed by atoms with Crippen molar-refractivity contribution in [2.24, 2.45) is 0 Å². The van der Waals surface area contributed by atoms with E-state index in [-0.39, 0.29) is 37.1 Å². The van der Waals surface area contributed by atoms with Crippen LogP contribution in [0, 0.1) is 62.3 Å². The van der Waals surface area contributed by atoms with Gasteiger partial charge in [-0.2, -0.15) is 0 Å². The zero-order chi connectivity index (χ0) is 46.7. The molecule has 1 heterocycles. The van der Waals surface area contributed by atoms with Crippen LogP contribution in [-0.4, -0.2) is 4.98 Å². The molecule has 1 heteroatoms. The quantitative estimate of drug-likeness (QED) is 0.160. The van der Waals surface area contributed by atoms with E-state index >= 15 is 0 Å². The molecule has 0 saturated carbocycles. The Morgan fingerprint density at radius 1 is 0.214 bits per heavy atom. The average Bonchev–Trinajstić information content (AvgIpc) is 3.33. The van der Waals surface area contributed by atoms with Crippen LogP contribution >= 0.6 is 0 Å². The predicted molar refractivity (Wildman–Crippen MR) is 320 cm³/mol. The van der Waals surface area contributed by atoms with E-state index in [2.05, 4.69) is 255 Å². The van der Waals surface area contributed by atoms with Gasteiger partial charge < -0.3 is 0 Å². The molecule has 0 N–H and O–H groups in total. The van der Waals surface area contributed by atoms with E-state index in [0.29, 0.717) is 0 Å². The Morgan fingerprint density at radius 2 is 0.500 bits per heavy atom. The minimum absolute atomic E-state index is 0. The third-order valence-electron chi connectivity index (χ3n) is 10.1. The summed E-state index contributed by atoms with van der Waals surface area (Å²) in [5, 5.41) is 3.85. The number of nitrogens with zero attached hydrogens (tertiary/aromatic N) is 1. The molecule has 9 aromatic carbocycles. The van der Waals surface area contributed by atoms with Gasteiger partial charge in [0, 0.05) is 11.6 Å². The van der Waals surface area contributed by atoms with Crippen LogP contribution in [-0.2, 0) is 0 Å². The van der Waals surface area contributed by atoms with E-state index in [1.165, 1.54) is 77.4 Å². The van der Waals surface area contributed by atoms with Crippen molar-refractivity contribution < 1.29 is 0 Å². The van der Waals surface area contributed by atoms with Crippen LogP contribution in [0.2, 0.25) is 0 Å². The molecule has 0 bridgehead atoms. The van der Waals surface area contributed by atoms with Gasteiger partial charge in [-0.15, -0.1) is 0 Å². The zero-order valence-electron chi connectivity index (χ0n) is 40.0. The summed E-state index contributed by atoms with van der Waals surface area (Å²) in [6.45, 7) is 18.9. The van der Waals surface area contributed by atoms with Gasteiger partial charge in [0.25, 0.3) is 0 Å². The van der Waals surface area contributed by atoms with E-state index in [9.17, 15) is 0 Å². The van der Waals surface area contributed by atoms with Crippen LogP contribution in [0.5, 0.6) is 0 Å². The Labute approximate surface area is 428 Å². The minimum atomic E-state index is 0. The Morgan fingerprint density at radius 3 is 0.900 bits per heavy atom. The van der Waals surface area contributed by atoms with Crippen molar-refractivity contribution in [2.75, 3.05) is 0 Å². The van der Waals surface area contributed by atoms with Gasteiger partial charge in [0.05, 0.1) is 5.52 Å². The Hall–Kier alpha value is -7.35. The molecule has 10 rings (SSSR count). The van der Waals surface area contributed by atoms with Crippen molar-refractivity contribution in [1.82, 2.24) is 4.98 Å². The van der Waals surface area contributed by atoms with Crippen molar-refractivity contribution in [3.63, 3.8) is 0 Å². The van der Waals surface area contributed by atoms with E-state index in [1.54, 1.807) is 0 Å². The van der Waals surface area contributed by atoms with Gasteiger partial charge in [-0.05, 0) is 102 Å². The van der Waals surface area contributed by atoms with Crippen LogP contribution in [0.3, 0.4) is 0 Å². The normalized spacial score (nSPS) is 8.93. The Kier molecular flexibility index (Phi) is 33.9. The lowest BCUT2D eigenvalue weighted by Crippen LogP contribution is -1.77. The second-order valence-electron chi connectivity index (χ2n) is 16.4. The lowest BCUT2D eigenvalue weighted by atomic mass is 10.0. The molecule has 0 fully saturated rings.